The molecule has 0 aliphatic rings. The van der Waals surface area contributed by atoms with Crippen LogP contribution < -0.4 is 5.32 Å². The fourth-order valence-electron chi connectivity index (χ4n) is 1.59. The Hall–Kier alpha value is -1.49. The van der Waals surface area contributed by atoms with Crippen molar-refractivity contribution in [3.05, 3.63) is 29.8 Å². The van der Waals surface area contributed by atoms with E-state index < -0.39 is 5.97 Å². The van der Waals surface area contributed by atoms with Crippen molar-refractivity contribution in [2.24, 2.45) is 0 Å². The molecule has 5 heteroatoms. The Kier molecular flexibility index (Phi) is 7.03. The molecule has 0 bridgehead atoms. The van der Waals surface area contributed by atoms with E-state index in [1.807, 2.05) is 30.5 Å². The van der Waals surface area contributed by atoms with Crippen LogP contribution in [-0.2, 0) is 16.1 Å². The summed E-state index contributed by atoms with van der Waals surface area (Å²) in [6.07, 6.45) is 3.70. The monoisotopic (exact) mass is 281 g/mol. The van der Waals surface area contributed by atoms with Crippen LogP contribution in [0.3, 0.4) is 0 Å². The number of hydrogen-bond donors (Lipinski definition) is 2. The third kappa shape index (κ3) is 6.86. The van der Waals surface area contributed by atoms with Crippen molar-refractivity contribution in [1.29, 1.82) is 0 Å². The third-order valence-electron chi connectivity index (χ3n) is 2.69. The number of carboxylic acids is 1. The Morgan fingerprint density at radius 2 is 1.79 bits per heavy atom. The van der Waals surface area contributed by atoms with E-state index in [0.717, 1.165) is 5.56 Å². The van der Waals surface area contributed by atoms with Crippen LogP contribution in [-0.4, -0.2) is 23.2 Å². The number of unbranched alkanes of at least 4 members (excludes halogenated alkanes) is 1. The highest BCUT2D eigenvalue weighted by molar-refractivity contribution is 7.98. The minimum atomic E-state index is -0.811. The number of carboxylic acid groups (broad SMARTS) is 1. The summed E-state index contributed by atoms with van der Waals surface area (Å²) in [6.45, 7) is 0.520. The van der Waals surface area contributed by atoms with Crippen LogP contribution in [0.4, 0.5) is 0 Å². The molecule has 4 nitrogen and oxygen atoms in total. The van der Waals surface area contributed by atoms with E-state index in [2.05, 4.69) is 5.32 Å². The maximum Gasteiger partial charge on any atom is 0.303 e. The van der Waals surface area contributed by atoms with E-state index in [-0.39, 0.29) is 12.3 Å². The summed E-state index contributed by atoms with van der Waals surface area (Å²) in [5, 5.41) is 11.3. The molecule has 1 aromatic rings. The molecule has 2 N–H and O–H groups in total. The summed E-state index contributed by atoms with van der Waals surface area (Å²) >= 11 is 1.68. The molecule has 0 saturated carbocycles. The number of thioether (sulfide) groups is 1. The number of aliphatic carboxylic acids is 1. The molecule has 0 aliphatic carbocycles. The standard InChI is InChI=1S/C14H19NO3S/c1-19-12-8-6-11(7-9-12)10-15-13(16)4-2-3-5-14(17)18/h6-9H,2-5,10H2,1H3,(H,15,16)(H,17,18). The molecule has 19 heavy (non-hydrogen) atoms. The molecular formula is C14H19NO3S. The van der Waals surface area contributed by atoms with Gasteiger partial charge in [0.2, 0.25) is 5.91 Å². The number of carbonyl (C=O) groups is 2. The Balaban J connectivity index is 2.20. The molecular weight excluding hydrogens is 262 g/mol. The van der Waals surface area contributed by atoms with E-state index in [4.69, 9.17) is 5.11 Å². The molecule has 0 atom stereocenters. The molecule has 0 saturated heterocycles. The molecule has 0 aliphatic heterocycles. The van der Waals surface area contributed by atoms with Crippen LogP contribution in [0.25, 0.3) is 0 Å². The molecule has 0 heterocycles. The van der Waals surface area contributed by atoms with Crippen molar-refractivity contribution in [2.75, 3.05) is 6.26 Å². The summed E-state index contributed by atoms with van der Waals surface area (Å²) < 4.78 is 0. The normalized spacial score (nSPS) is 10.2. The van der Waals surface area contributed by atoms with Gasteiger partial charge in [-0.25, -0.2) is 0 Å². The van der Waals surface area contributed by atoms with Gasteiger partial charge in [-0.15, -0.1) is 11.8 Å². The Morgan fingerprint density at radius 1 is 1.16 bits per heavy atom. The Labute approximate surface area is 117 Å². The van der Waals surface area contributed by atoms with Crippen molar-refractivity contribution in [3.63, 3.8) is 0 Å². The Morgan fingerprint density at radius 3 is 2.37 bits per heavy atom. The van der Waals surface area contributed by atoms with Gasteiger partial charge in [0.05, 0.1) is 0 Å². The van der Waals surface area contributed by atoms with Gasteiger partial charge in [0, 0.05) is 24.3 Å². The largest absolute Gasteiger partial charge is 0.481 e. The molecule has 1 rings (SSSR count). The van der Waals surface area contributed by atoms with E-state index in [1.165, 1.54) is 4.90 Å². The maximum atomic E-state index is 11.5. The minimum Gasteiger partial charge on any atom is -0.481 e. The first kappa shape index (κ1) is 15.6. The Bertz CT molecular complexity index is 417. The van der Waals surface area contributed by atoms with Crippen molar-refractivity contribution >= 4 is 23.6 Å². The smallest absolute Gasteiger partial charge is 0.303 e. The molecule has 1 aromatic carbocycles. The minimum absolute atomic E-state index is 0.0284. The lowest BCUT2D eigenvalue weighted by Gasteiger charge is -2.05. The highest BCUT2D eigenvalue weighted by Crippen LogP contribution is 2.14. The van der Waals surface area contributed by atoms with Gasteiger partial charge < -0.3 is 10.4 Å². The second kappa shape index (κ2) is 8.58. The first-order valence-corrected chi connectivity index (χ1v) is 7.45. The van der Waals surface area contributed by atoms with Crippen LogP contribution in [0.1, 0.15) is 31.2 Å². The lowest BCUT2D eigenvalue weighted by atomic mass is 10.2. The van der Waals surface area contributed by atoms with Crippen LogP contribution in [0.2, 0.25) is 0 Å². The summed E-state index contributed by atoms with van der Waals surface area (Å²) in [5.41, 5.74) is 1.07. The lowest BCUT2D eigenvalue weighted by Crippen LogP contribution is -2.22. The molecule has 0 radical (unpaired) electrons. The summed E-state index contributed by atoms with van der Waals surface area (Å²) in [5.74, 6) is -0.839. The van der Waals surface area contributed by atoms with Gasteiger partial charge in [0.1, 0.15) is 0 Å². The molecule has 0 aromatic heterocycles. The molecule has 1 amide bonds. The van der Waals surface area contributed by atoms with E-state index >= 15 is 0 Å². The van der Waals surface area contributed by atoms with Gasteiger partial charge in [0.15, 0.2) is 0 Å². The highest BCUT2D eigenvalue weighted by atomic mass is 32.2. The van der Waals surface area contributed by atoms with E-state index in [9.17, 15) is 9.59 Å². The fourth-order valence-corrected chi connectivity index (χ4v) is 2.00. The fraction of sp³-hybridized carbons (Fsp3) is 0.429. The zero-order valence-electron chi connectivity index (χ0n) is 11.0. The molecule has 104 valence electrons. The van der Waals surface area contributed by atoms with Crippen LogP contribution in [0.5, 0.6) is 0 Å². The van der Waals surface area contributed by atoms with Crippen LogP contribution in [0, 0.1) is 0 Å². The highest BCUT2D eigenvalue weighted by Gasteiger charge is 2.03. The van der Waals surface area contributed by atoms with Crippen molar-refractivity contribution in [3.8, 4) is 0 Å². The van der Waals surface area contributed by atoms with Gasteiger partial charge >= 0.3 is 5.97 Å². The first-order chi connectivity index (χ1) is 9.11. The van der Waals surface area contributed by atoms with Gasteiger partial charge in [0.25, 0.3) is 0 Å². The molecule has 0 spiro atoms. The topological polar surface area (TPSA) is 66.4 Å². The van der Waals surface area contributed by atoms with Gasteiger partial charge in [-0.3, -0.25) is 9.59 Å². The SMILES string of the molecule is CSc1ccc(CNC(=O)CCCCC(=O)O)cc1. The quantitative estimate of drug-likeness (QED) is 0.568. The van der Waals surface area contributed by atoms with Crippen molar-refractivity contribution in [2.45, 2.75) is 37.1 Å². The van der Waals surface area contributed by atoms with Gasteiger partial charge in [-0.2, -0.15) is 0 Å². The average molecular weight is 281 g/mol. The average Bonchev–Trinajstić information content (AvgIpc) is 2.41. The zero-order valence-corrected chi connectivity index (χ0v) is 11.8. The van der Waals surface area contributed by atoms with Gasteiger partial charge in [-0.1, -0.05) is 12.1 Å². The second-order valence-electron chi connectivity index (χ2n) is 4.23. The van der Waals surface area contributed by atoms with E-state index in [0.29, 0.717) is 25.8 Å². The summed E-state index contributed by atoms with van der Waals surface area (Å²) in [6, 6.07) is 8.05. The van der Waals surface area contributed by atoms with Crippen molar-refractivity contribution in [1.82, 2.24) is 5.32 Å². The third-order valence-corrected chi connectivity index (χ3v) is 3.44. The number of carbonyl (C=O) groups excluding carboxylic acids is 1. The van der Waals surface area contributed by atoms with Crippen LogP contribution >= 0.6 is 11.8 Å². The summed E-state index contributed by atoms with van der Waals surface area (Å²) in [7, 11) is 0. The molecule has 0 unspecified atom stereocenters. The number of rotatable bonds is 8. The van der Waals surface area contributed by atoms with Crippen molar-refractivity contribution < 1.29 is 14.7 Å². The molecule has 0 fully saturated rings. The lowest BCUT2D eigenvalue weighted by molar-refractivity contribution is -0.137. The predicted molar refractivity (Wildman–Crippen MR) is 76.2 cm³/mol. The number of nitrogens with one attached hydrogen (secondary N) is 1. The second-order valence-corrected chi connectivity index (χ2v) is 5.11. The maximum absolute atomic E-state index is 11.5. The number of amides is 1. The number of benzene rings is 1. The van der Waals surface area contributed by atoms with Crippen LogP contribution in [0.15, 0.2) is 29.2 Å². The van der Waals surface area contributed by atoms with E-state index in [1.54, 1.807) is 11.8 Å². The predicted octanol–water partition coefficient (Wildman–Crippen LogP) is 2.67. The zero-order chi connectivity index (χ0) is 14.1. The summed E-state index contributed by atoms with van der Waals surface area (Å²) in [4.78, 5) is 23.0. The number of hydrogen-bond acceptors (Lipinski definition) is 3. The van der Waals surface area contributed by atoms with Gasteiger partial charge in [-0.05, 0) is 36.8 Å². The first-order valence-electron chi connectivity index (χ1n) is 6.23.